The van der Waals surface area contributed by atoms with Crippen molar-refractivity contribution in [1.29, 1.82) is 0 Å². The van der Waals surface area contributed by atoms with Gasteiger partial charge in [-0.15, -0.1) is 0 Å². The third-order valence-electron chi connectivity index (χ3n) is 6.43. The monoisotopic (exact) mass is 535 g/mol. The van der Waals surface area contributed by atoms with E-state index in [9.17, 15) is 14.7 Å². The molecule has 0 saturated heterocycles. The molecule has 38 heavy (non-hydrogen) atoms. The molecule has 0 spiro atoms. The van der Waals surface area contributed by atoms with Crippen LogP contribution in [0.1, 0.15) is 33.3 Å². The molecular weight excluding hydrogens is 498 g/mol. The predicted molar refractivity (Wildman–Crippen MR) is 150 cm³/mol. The second-order valence-electron chi connectivity index (χ2n) is 10.2. The maximum absolute atomic E-state index is 13.0. The van der Waals surface area contributed by atoms with Crippen molar-refractivity contribution in [2.75, 3.05) is 13.7 Å². The van der Waals surface area contributed by atoms with E-state index in [4.69, 9.17) is 13.9 Å². The molecule has 0 saturated carbocycles. The minimum Gasteiger partial charge on any atom is -0.497 e. The van der Waals surface area contributed by atoms with E-state index < -0.39 is 32.3 Å². The number of amides is 1. The molecule has 7 nitrogen and oxygen atoms in total. The Morgan fingerprint density at radius 2 is 1.42 bits per heavy atom. The fourth-order valence-electron chi connectivity index (χ4n) is 4.57. The summed E-state index contributed by atoms with van der Waals surface area (Å²) in [6.07, 6.45) is -1.33. The fourth-order valence-corrected chi connectivity index (χ4v) is 9.14. The molecule has 0 fully saturated rings. The van der Waals surface area contributed by atoms with E-state index in [-0.39, 0.29) is 18.3 Å². The summed E-state index contributed by atoms with van der Waals surface area (Å²) in [5.74, 6) is -0.512. The topological polar surface area (TPSA) is 94.1 Å². The summed E-state index contributed by atoms with van der Waals surface area (Å²) >= 11 is 0. The van der Waals surface area contributed by atoms with Gasteiger partial charge in [-0.1, -0.05) is 93.6 Å². The van der Waals surface area contributed by atoms with Crippen molar-refractivity contribution in [3.63, 3.8) is 0 Å². The lowest BCUT2D eigenvalue weighted by atomic mass is 10.1. The third-order valence-corrected chi connectivity index (χ3v) is 11.4. The van der Waals surface area contributed by atoms with Gasteiger partial charge in [0.15, 0.2) is 6.04 Å². The minimum atomic E-state index is -2.95. The van der Waals surface area contributed by atoms with Crippen LogP contribution in [0, 0.1) is 0 Å². The molecule has 1 amide bonds. The highest BCUT2D eigenvalue weighted by Gasteiger charge is 2.50. The lowest BCUT2D eigenvalue weighted by Crippen LogP contribution is -2.67. The fraction of sp³-hybridized carbons (Fsp3) is 0.333. The van der Waals surface area contributed by atoms with E-state index in [0.717, 1.165) is 15.9 Å². The van der Waals surface area contributed by atoms with Crippen LogP contribution >= 0.6 is 0 Å². The number of aliphatic hydroxyl groups is 1. The summed E-state index contributed by atoms with van der Waals surface area (Å²) in [6.45, 7) is 7.48. The largest absolute Gasteiger partial charge is 0.497 e. The molecule has 0 aliphatic carbocycles. The Kier molecular flexibility index (Phi) is 9.85. The van der Waals surface area contributed by atoms with E-state index in [0.29, 0.717) is 5.75 Å². The Labute approximate surface area is 225 Å². The summed E-state index contributed by atoms with van der Waals surface area (Å²) < 4.78 is 17.4. The standard InChI is InChI=1S/C30H37NO6Si/c1-22(32)31-28(29(34)36-20-23-16-18-24(35-5)19-17-23)27(33)21-37-38(30(2,3)4,25-12-8-6-9-13-25)26-14-10-7-11-15-26/h6-19,27-28,33H,20-21H2,1-5H3,(H,31,32)/t27-,28+/m1/s1. The Hall–Kier alpha value is -3.46. The minimum absolute atomic E-state index is 0.0127. The van der Waals surface area contributed by atoms with Gasteiger partial charge in [-0.3, -0.25) is 4.79 Å². The normalized spacial score (nSPS) is 13.3. The highest BCUT2D eigenvalue weighted by molar-refractivity contribution is 6.99. The summed E-state index contributed by atoms with van der Waals surface area (Å²) in [7, 11) is -1.38. The molecular formula is C30H37NO6Si. The van der Waals surface area contributed by atoms with E-state index in [1.807, 2.05) is 60.7 Å². The molecule has 8 heteroatoms. The predicted octanol–water partition coefficient (Wildman–Crippen LogP) is 3.18. The number of esters is 1. The average molecular weight is 536 g/mol. The Morgan fingerprint density at radius 1 is 0.895 bits per heavy atom. The number of carbonyl (C=O) groups excluding carboxylic acids is 2. The van der Waals surface area contributed by atoms with Crippen LogP contribution in [0.5, 0.6) is 5.75 Å². The molecule has 2 atom stereocenters. The molecule has 0 heterocycles. The van der Waals surface area contributed by atoms with Gasteiger partial charge in [0.05, 0.1) is 13.7 Å². The van der Waals surface area contributed by atoms with Crippen molar-refractivity contribution in [2.45, 2.75) is 51.5 Å². The zero-order chi connectivity index (χ0) is 27.8. The van der Waals surface area contributed by atoms with Crippen LogP contribution in [0.2, 0.25) is 5.04 Å². The number of benzene rings is 3. The van der Waals surface area contributed by atoms with Gasteiger partial charge in [-0.25, -0.2) is 4.79 Å². The molecule has 0 unspecified atom stereocenters. The number of carbonyl (C=O) groups is 2. The second-order valence-corrected chi connectivity index (χ2v) is 14.5. The van der Waals surface area contributed by atoms with Crippen molar-refractivity contribution in [2.24, 2.45) is 0 Å². The summed E-state index contributed by atoms with van der Waals surface area (Å²) in [5.41, 5.74) is 0.749. The maximum Gasteiger partial charge on any atom is 0.331 e. The molecule has 0 aromatic heterocycles. The quantitative estimate of drug-likeness (QED) is 0.289. The van der Waals surface area contributed by atoms with Gasteiger partial charge < -0.3 is 24.3 Å². The number of ether oxygens (including phenoxy) is 2. The van der Waals surface area contributed by atoms with E-state index >= 15 is 0 Å². The Balaban J connectivity index is 1.85. The number of methoxy groups -OCH3 is 1. The van der Waals surface area contributed by atoms with Crippen molar-refractivity contribution >= 4 is 30.6 Å². The van der Waals surface area contributed by atoms with Gasteiger partial charge in [0.1, 0.15) is 18.5 Å². The van der Waals surface area contributed by atoms with Gasteiger partial charge in [0, 0.05) is 6.92 Å². The van der Waals surface area contributed by atoms with Crippen LogP contribution in [0.4, 0.5) is 0 Å². The Bertz CT molecular complexity index is 1140. The Morgan fingerprint density at radius 3 is 1.87 bits per heavy atom. The number of hydrogen-bond acceptors (Lipinski definition) is 6. The summed E-state index contributed by atoms with van der Waals surface area (Å²) in [5, 5.41) is 15.5. The first kappa shape index (κ1) is 29.1. The van der Waals surface area contributed by atoms with Crippen LogP contribution in [-0.4, -0.2) is 51.2 Å². The molecule has 0 radical (unpaired) electrons. The number of hydrogen-bond donors (Lipinski definition) is 2. The van der Waals surface area contributed by atoms with Gasteiger partial charge in [-0.05, 0) is 33.1 Å². The SMILES string of the molecule is COc1ccc(COC(=O)[C@@H](NC(C)=O)[C@H](O)CO[Si](c2ccccc2)(c2ccccc2)C(C)(C)C)cc1. The lowest BCUT2D eigenvalue weighted by Gasteiger charge is -2.43. The summed E-state index contributed by atoms with van der Waals surface area (Å²) in [6, 6.07) is 25.8. The van der Waals surface area contributed by atoms with E-state index in [2.05, 4.69) is 26.1 Å². The van der Waals surface area contributed by atoms with Crippen molar-refractivity contribution in [3.8, 4) is 5.75 Å². The zero-order valence-corrected chi connectivity index (χ0v) is 23.6. The highest BCUT2D eigenvalue weighted by Crippen LogP contribution is 2.36. The summed E-state index contributed by atoms with van der Waals surface area (Å²) in [4.78, 5) is 24.9. The molecule has 2 N–H and O–H groups in total. The van der Waals surface area contributed by atoms with E-state index in [1.165, 1.54) is 6.92 Å². The van der Waals surface area contributed by atoms with Crippen LogP contribution in [0.25, 0.3) is 0 Å². The third kappa shape index (κ3) is 6.89. The first-order valence-electron chi connectivity index (χ1n) is 12.6. The molecule has 202 valence electrons. The smallest absolute Gasteiger partial charge is 0.331 e. The van der Waals surface area contributed by atoms with Crippen molar-refractivity contribution < 1.29 is 28.6 Å². The van der Waals surface area contributed by atoms with Crippen molar-refractivity contribution in [1.82, 2.24) is 5.32 Å². The number of rotatable bonds is 11. The first-order valence-corrected chi connectivity index (χ1v) is 14.5. The van der Waals surface area contributed by atoms with Gasteiger partial charge in [-0.2, -0.15) is 0 Å². The van der Waals surface area contributed by atoms with Crippen LogP contribution in [-0.2, 0) is 25.4 Å². The van der Waals surface area contributed by atoms with Crippen LogP contribution in [0.3, 0.4) is 0 Å². The number of aliphatic hydroxyl groups excluding tert-OH is 1. The molecule has 0 bridgehead atoms. The molecule has 3 rings (SSSR count). The molecule has 3 aromatic rings. The number of nitrogens with one attached hydrogen (secondary N) is 1. The lowest BCUT2D eigenvalue weighted by molar-refractivity contribution is -0.153. The van der Waals surface area contributed by atoms with Crippen LogP contribution < -0.4 is 20.4 Å². The zero-order valence-electron chi connectivity index (χ0n) is 22.6. The maximum atomic E-state index is 13.0. The van der Waals surface area contributed by atoms with E-state index in [1.54, 1.807) is 31.4 Å². The average Bonchev–Trinajstić information content (AvgIpc) is 2.91. The second kappa shape index (κ2) is 12.9. The molecule has 3 aromatic carbocycles. The molecule has 0 aliphatic rings. The van der Waals surface area contributed by atoms with Gasteiger partial charge in [0.2, 0.25) is 5.91 Å². The van der Waals surface area contributed by atoms with Crippen molar-refractivity contribution in [3.05, 3.63) is 90.5 Å². The first-order chi connectivity index (χ1) is 18.1. The highest BCUT2D eigenvalue weighted by atomic mass is 28.4. The van der Waals surface area contributed by atoms with Gasteiger partial charge in [0.25, 0.3) is 8.32 Å². The van der Waals surface area contributed by atoms with Crippen LogP contribution in [0.15, 0.2) is 84.9 Å². The molecule has 0 aliphatic heterocycles. The van der Waals surface area contributed by atoms with Gasteiger partial charge >= 0.3 is 5.97 Å².